The van der Waals surface area contributed by atoms with Gasteiger partial charge in [-0.3, -0.25) is 14.5 Å². The van der Waals surface area contributed by atoms with Gasteiger partial charge in [0.1, 0.15) is 5.69 Å². The second kappa shape index (κ2) is 5.09. The molecule has 0 fully saturated rings. The highest BCUT2D eigenvalue weighted by atomic mass is 79.9. The van der Waals surface area contributed by atoms with Crippen LogP contribution < -0.4 is 5.32 Å². The van der Waals surface area contributed by atoms with E-state index in [4.69, 9.17) is 0 Å². The van der Waals surface area contributed by atoms with Gasteiger partial charge in [-0.05, 0) is 41.1 Å². The van der Waals surface area contributed by atoms with E-state index in [2.05, 4.69) is 31.4 Å². The molecule has 3 aromatic heterocycles. The topological polar surface area (TPSA) is 64.2 Å². The number of nitrogens with one attached hydrogen (secondary N) is 1. The molecule has 1 N–H and O–H groups in total. The quantitative estimate of drug-likeness (QED) is 0.801. The number of carbonyl (C=O) groups is 1. The van der Waals surface area contributed by atoms with Crippen LogP contribution in [0.2, 0.25) is 0 Å². The lowest BCUT2D eigenvalue weighted by molar-refractivity contribution is 0.101. The van der Waals surface area contributed by atoms with E-state index in [0.717, 1.165) is 11.0 Å². The van der Waals surface area contributed by atoms with Crippen LogP contribution in [0.15, 0.2) is 41.1 Å². The van der Waals surface area contributed by atoms with Gasteiger partial charge in [-0.1, -0.05) is 6.07 Å². The van der Waals surface area contributed by atoms with Crippen LogP contribution in [0.3, 0.4) is 0 Å². The zero-order valence-corrected chi connectivity index (χ0v) is 12.3. The molecule has 0 unspecified atom stereocenters. The lowest BCUT2D eigenvalue weighted by Gasteiger charge is -2.06. The van der Waals surface area contributed by atoms with E-state index >= 15 is 0 Å². The Morgan fingerprint density at radius 3 is 3.05 bits per heavy atom. The van der Waals surface area contributed by atoms with Crippen molar-refractivity contribution in [1.82, 2.24) is 19.2 Å². The number of carbonyl (C=O) groups excluding carboxylic acids is 1. The fourth-order valence-corrected chi connectivity index (χ4v) is 2.48. The van der Waals surface area contributed by atoms with E-state index in [-0.39, 0.29) is 5.91 Å². The summed E-state index contributed by atoms with van der Waals surface area (Å²) >= 11 is 3.38. The Labute approximate surface area is 123 Å². The Morgan fingerprint density at radius 1 is 1.40 bits per heavy atom. The largest absolute Gasteiger partial charge is 0.343 e. The van der Waals surface area contributed by atoms with Crippen molar-refractivity contribution in [2.24, 2.45) is 0 Å². The summed E-state index contributed by atoms with van der Waals surface area (Å²) in [6, 6.07) is 7.34. The van der Waals surface area contributed by atoms with Crippen LogP contribution in [0.1, 0.15) is 17.4 Å². The van der Waals surface area contributed by atoms with Gasteiger partial charge in [0.2, 0.25) is 5.95 Å². The average molecular weight is 334 g/mol. The molecule has 1 amide bonds. The molecule has 0 saturated heterocycles. The number of hydrogen-bond donors (Lipinski definition) is 1. The summed E-state index contributed by atoms with van der Waals surface area (Å²) in [6.07, 6.45) is 3.68. The van der Waals surface area contributed by atoms with E-state index in [1.165, 1.54) is 0 Å². The van der Waals surface area contributed by atoms with Crippen molar-refractivity contribution in [3.05, 3.63) is 46.8 Å². The maximum atomic E-state index is 12.3. The normalized spacial score (nSPS) is 10.9. The first kappa shape index (κ1) is 12.9. The zero-order valence-electron chi connectivity index (χ0n) is 10.7. The van der Waals surface area contributed by atoms with Gasteiger partial charge in [0.15, 0.2) is 5.65 Å². The number of amides is 1. The Morgan fingerprint density at radius 2 is 2.25 bits per heavy atom. The van der Waals surface area contributed by atoms with Gasteiger partial charge in [-0.15, -0.1) is 10.2 Å². The Kier molecular flexibility index (Phi) is 3.27. The van der Waals surface area contributed by atoms with Crippen LogP contribution >= 0.6 is 15.9 Å². The van der Waals surface area contributed by atoms with Gasteiger partial charge in [0.25, 0.3) is 5.91 Å². The van der Waals surface area contributed by atoms with Gasteiger partial charge < -0.3 is 4.57 Å². The second-order valence-electron chi connectivity index (χ2n) is 4.24. The molecule has 0 radical (unpaired) electrons. The Bertz CT molecular complexity index is 776. The molecular weight excluding hydrogens is 322 g/mol. The van der Waals surface area contributed by atoms with E-state index < -0.39 is 0 Å². The highest BCUT2D eigenvalue weighted by Gasteiger charge is 2.15. The van der Waals surface area contributed by atoms with E-state index in [0.29, 0.717) is 17.3 Å². The molecule has 0 atom stereocenters. The van der Waals surface area contributed by atoms with Crippen LogP contribution in [0.4, 0.5) is 5.95 Å². The maximum Gasteiger partial charge on any atom is 0.274 e. The summed E-state index contributed by atoms with van der Waals surface area (Å²) in [5.41, 5.74) is 1.27. The summed E-state index contributed by atoms with van der Waals surface area (Å²) < 4.78 is 4.46. The lowest BCUT2D eigenvalue weighted by Crippen LogP contribution is -2.18. The van der Waals surface area contributed by atoms with Crippen LogP contribution in [0.5, 0.6) is 0 Å². The number of rotatable bonds is 3. The monoisotopic (exact) mass is 333 g/mol. The van der Waals surface area contributed by atoms with Crippen molar-refractivity contribution in [2.75, 3.05) is 5.32 Å². The molecule has 6 nitrogen and oxygen atoms in total. The van der Waals surface area contributed by atoms with Gasteiger partial charge in [0.05, 0.1) is 0 Å². The number of aryl methyl sites for hydroxylation is 1. The van der Waals surface area contributed by atoms with Gasteiger partial charge >= 0.3 is 0 Å². The predicted octanol–water partition coefficient (Wildman–Crippen LogP) is 2.57. The summed E-state index contributed by atoms with van der Waals surface area (Å²) in [6.45, 7) is 2.70. The van der Waals surface area contributed by atoms with Crippen molar-refractivity contribution in [3.8, 4) is 0 Å². The molecule has 0 saturated carbocycles. The minimum absolute atomic E-state index is 0.212. The van der Waals surface area contributed by atoms with Crippen LogP contribution in [-0.2, 0) is 6.54 Å². The molecular formula is C13H12BrN5O. The van der Waals surface area contributed by atoms with E-state index in [9.17, 15) is 4.79 Å². The molecule has 20 heavy (non-hydrogen) atoms. The highest BCUT2D eigenvalue weighted by molar-refractivity contribution is 9.10. The first-order chi connectivity index (χ1) is 9.69. The number of nitrogens with zero attached hydrogens (tertiary/aromatic N) is 4. The standard InChI is InChI=1S/C13H12BrN5O/c1-2-18-8-9(14)7-10(18)12(20)15-13-17-16-11-5-3-4-6-19(11)13/h3-8H,2H2,1H3,(H,15,17,20). The number of anilines is 1. The fraction of sp³-hybridized carbons (Fsp3) is 0.154. The fourth-order valence-electron chi connectivity index (χ4n) is 2.02. The predicted molar refractivity (Wildman–Crippen MR) is 78.7 cm³/mol. The van der Waals surface area contributed by atoms with Crippen molar-refractivity contribution >= 4 is 33.4 Å². The summed E-state index contributed by atoms with van der Waals surface area (Å²) in [5.74, 6) is 0.196. The van der Waals surface area contributed by atoms with Gasteiger partial charge in [0, 0.05) is 23.4 Å². The number of pyridine rings is 1. The molecule has 0 aliphatic carbocycles. The van der Waals surface area contributed by atoms with E-state index in [1.54, 1.807) is 16.7 Å². The SMILES string of the molecule is CCn1cc(Br)cc1C(=O)Nc1nnc2ccccn12. The van der Waals surface area contributed by atoms with Crippen LogP contribution in [-0.4, -0.2) is 25.1 Å². The smallest absolute Gasteiger partial charge is 0.274 e. The third-order valence-electron chi connectivity index (χ3n) is 2.98. The van der Waals surface area contributed by atoms with Crippen molar-refractivity contribution in [1.29, 1.82) is 0 Å². The molecule has 102 valence electrons. The first-order valence-electron chi connectivity index (χ1n) is 6.16. The van der Waals surface area contributed by atoms with Crippen LogP contribution in [0, 0.1) is 0 Å². The minimum atomic E-state index is -0.212. The third-order valence-corrected chi connectivity index (χ3v) is 3.41. The molecule has 3 aromatic rings. The first-order valence-corrected chi connectivity index (χ1v) is 6.95. The maximum absolute atomic E-state index is 12.3. The lowest BCUT2D eigenvalue weighted by atomic mass is 10.4. The van der Waals surface area contributed by atoms with Crippen LogP contribution in [0.25, 0.3) is 5.65 Å². The zero-order chi connectivity index (χ0) is 14.1. The third kappa shape index (κ3) is 2.20. The Balaban J connectivity index is 1.92. The van der Waals surface area contributed by atoms with Gasteiger partial charge in [-0.2, -0.15) is 0 Å². The molecule has 3 heterocycles. The molecule has 0 aliphatic heterocycles. The van der Waals surface area contributed by atoms with Gasteiger partial charge in [-0.25, -0.2) is 0 Å². The number of fused-ring (bicyclic) bond motifs is 1. The molecule has 0 spiro atoms. The average Bonchev–Trinajstić information content (AvgIpc) is 3.03. The highest BCUT2D eigenvalue weighted by Crippen LogP contribution is 2.16. The van der Waals surface area contributed by atoms with Crippen molar-refractivity contribution < 1.29 is 4.79 Å². The van der Waals surface area contributed by atoms with E-state index in [1.807, 2.05) is 35.9 Å². The number of aromatic nitrogens is 4. The molecule has 7 heteroatoms. The Hall–Kier alpha value is -2.15. The second-order valence-corrected chi connectivity index (χ2v) is 5.15. The molecule has 3 rings (SSSR count). The van der Waals surface area contributed by atoms with Crippen molar-refractivity contribution in [3.63, 3.8) is 0 Å². The molecule has 0 aliphatic rings. The number of halogens is 1. The molecule has 0 bridgehead atoms. The molecule has 0 aromatic carbocycles. The van der Waals surface area contributed by atoms with Crippen molar-refractivity contribution in [2.45, 2.75) is 13.5 Å². The summed E-state index contributed by atoms with van der Waals surface area (Å²) in [4.78, 5) is 12.3. The number of hydrogen-bond acceptors (Lipinski definition) is 3. The summed E-state index contributed by atoms with van der Waals surface area (Å²) in [5, 5.41) is 10.8. The minimum Gasteiger partial charge on any atom is -0.343 e. The summed E-state index contributed by atoms with van der Waals surface area (Å²) in [7, 11) is 0.